The Labute approximate surface area is 206 Å². The minimum atomic E-state index is -0.173. The van der Waals surface area contributed by atoms with E-state index in [2.05, 4.69) is 15.0 Å². The van der Waals surface area contributed by atoms with Gasteiger partial charge in [-0.05, 0) is 69.7 Å². The molecule has 8 nitrogen and oxygen atoms in total. The van der Waals surface area contributed by atoms with Gasteiger partial charge in [0, 0.05) is 24.5 Å². The highest BCUT2D eigenvalue weighted by molar-refractivity contribution is 5.87. The maximum Gasteiger partial charge on any atom is 0.348 e. The van der Waals surface area contributed by atoms with Gasteiger partial charge >= 0.3 is 5.69 Å². The standard InChI is InChI=1S/C27H38N6O2/c34-27-29-26(21-10-7-15-31(19-21)16-14-20-8-2-1-3-9-20)30-33(27)24-12-6-11-23-22(24)18-28-32(23)25-13-4-5-17-35-25/h6,11-12,18,20-21,25H,1-5,7-10,13-17,19H2,(H,29,30,34). The van der Waals surface area contributed by atoms with Crippen molar-refractivity contribution in [3.05, 3.63) is 40.7 Å². The SMILES string of the molecule is O=c1[nH]c(C2CCCN(CCC3CCCCC3)C2)nn1-c1cccc2c1cnn2C1CCCCO1. The molecule has 6 rings (SSSR count). The molecule has 8 heteroatoms. The lowest BCUT2D eigenvalue weighted by atomic mass is 9.86. The Morgan fingerprint density at radius 3 is 2.77 bits per heavy atom. The Bertz CT molecular complexity index is 1180. The van der Waals surface area contributed by atoms with Crippen molar-refractivity contribution in [2.24, 2.45) is 5.92 Å². The number of H-pyrrole nitrogens is 1. The van der Waals surface area contributed by atoms with Gasteiger partial charge in [-0.1, -0.05) is 38.2 Å². The van der Waals surface area contributed by atoms with Crippen molar-refractivity contribution in [1.82, 2.24) is 29.4 Å². The van der Waals surface area contributed by atoms with Gasteiger partial charge in [0.05, 0.1) is 17.4 Å². The van der Waals surface area contributed by atoms with Crippen molar-refractivity contribution in [3.63, 3.8) is 0 Å². The lowest BCUT2D eigenvalue weighted by molar-refractivity contribution is -0.0366. The Morgan fingerprint density at radius 1 is 1.03 bits per heavy atom. The number of hydrogen-bond acceptors (Lipinski definition) is 5. The summed E-state index contributed by atoms with van der Waals surface area (Å²) >= 11 is 0. The van der Waals surface area contributed by atoms with E-state index < -0.39 is 0 Å². The summed E-state index contributed by atoms with van der Waals surface area (Å²) in [5, 5.41) is 10.4. The molecule has 1 saturated carbocycles. The summed E-state index contributed by atoms with van der Waals surface area (Å²) in [6, 6.07) is 5.99. The zero-order valence-corrected chi connectivity index (χ0v) is 20.7. The maximum absolute atomic E-state index is 13.0. The van der Waals surface area contributed by atoms with E-state index in [0.29, 0.717) is 0 Å². The maximum atomic E-state index is 13.0. The van der Waals surface area contributed by atoms with E-state index in [4.69, 9.17) is 9.84 Å². The molecule has 1 aliphatic carbocycles. The highest BCUT2D eigenvalue weighted by Crippen LogP contribution is 2.30. The molecule has 3 aromatic rings. The van der Waals surface area contributed by atoms with Gasteiger partial charge in [0.25, 0.3) is 0 Å². The third-order valence-electron chi connectivity index (χ3n) is 8.38. The Morgan fingerprint density at radius 2 is 1.91 bits per heavy atom. The van der Waals surface area contributed by atoms with Crippen molar-refractivity contribution in [3.8, 4) is 5.69 Å². The molecule has 2 atom stereocenters. The van der Waals surface area contributed by atoms with E-state index in [-0.39, 0.29) is 17.8 Å². The highest BCUT2D eigenvalue weighted by atomic mass is 16.5. The quantitative estimate of drug-likeness (QED) is 0.553. The van der Waals surface area contributed by atoms with Crippen LogP contribution in [0.5, 0.6) is 0 Å². The molecule has 0 radical (unpaired) electrons. The summed E-state index contributed by atoms with van der Waals surface area (Å²) in [4.78, 5) is 18.7. The van der Waals surface area contributed by atoms with Crippen LogP contribution in [0.1, 0.15) is 88.6 Å². The van der Waals surface area contributed by atoms with E-state index in [1.165, 1.54) is 49.8 Å². The summed E-state index contributed by atoms with van der Waals surface area (Å²) in [7, 11) is 0. The summed E-state index contributed by atoms with van der Waals surface area (Å²) in [5.74, 6) is 2.00. The molecule has 3 aliphatic rings. The Kier molecular flexibility index (Phi) is 6.74. The molecular formula is C27H38N6O2. The van der Waals surface area contributed by atoms with Gasteiger partial charge < -0.3 is 9.64 Å². The smallest absolute Gasteiger partial charge is 0.348 e. The number of benzene rings is 1. The first kappa shape index (κ1) is 23.0. The van der Waals surface area contributed by atoms with Gasteiger partial charge in [-0.15, -0.1) is 5.10 Å². The average molecular weight is 479 g/mol. The fourth-order valence-electron chi connectivity index (χ4n) is 6.40. The molecule has 2 aliphatic heterocycles. The van der Waals surface area contributed by atoms with E-state index >= 15 is 0 Å². The number of fused-ring (bicyclic) bond motifs is 1. The second-order valence-electron chi connectivity index (χ2n) is 10.8. The van der Waals surface area contributed by atoms with E-state index in [1.54, 1.807) is 0 Å². The highest BCUT2D eigenvalue weighted by Gasteiger charge is 2.26. The normalized spacial score (nSPS) is 24.8. The topological polar surface area (TPSA) is 81.0 Å². The second-order valence-corrected chi connectivity index (χ2v) is 10.8. The molecule has 35 heavy (non-hydrogen) atoms. The van der Waals surface area contributed by atoms with Crippen LogP contribution in [0.2, 0.25) is 0 Å². The summed E-state index contributed by atoms with van der Waals surface area (Å²) in [5.41, 5.74) is 1.59. The van der Waals surface area contributed by atoms with Crippen LogP contribution in [0.15, 0.2) is 29.2 Å². The third kappa shape index (κ3) is 4.83. The monoisotopic (exact) mass is 478 g/mol. The fraction of sp³-hybridized carbons (Fsp3) is 0.667. The number of aromatic nitrogens is 5. The average Bonchev–Trinajstić information content (AvgIpc) is 3.52. The van der Waals surface area contributed by atoms with E-state index in [9.17, 15) is 4.79 Å². The first-order valence-corrected chi connectivity index (χ1v) is 13.8. The molecule has 2 unspecified atom stereocenters. The van der Waals surface area contributed by atoms with Crippen LogP contribution in [-0.2, 0) is 4.74 Å². The first-order valence-electron chi connectivity index (χ1n) is 13.8. The number of nitrogens with one attached hydrogen (secondary N) is 1. The first-order chi connectivity index (χ1) is 17.3. The number of ether oxygens (including phenoxy) is 1. The molecule has 2 saturated heterocycles. The fourth-order valence-corrected chi connectivity index (χ4v) is 6.40. The molecule has 0 spiro atoms. The van der Waals surface area contributed by atoms with E-state index in [1.807, 2.05) is 29.1 Å². The van der Waals surface area contributed by atoms with Crippen molar-refractivity contribution in [1.29, 1.82) is 0 Å². The van der Waals surface area contributed by atoms with Gasteiger partial charge in [0.2, 0.25) is 0 Å². The van der Waals surface area contributed by atoms with Crippen LogP contribution in [0.3, 0.4) is 0 Å². The van der Waals surface area contributed by atoms with Crippen molar-refractivity contribution in [2.75, 3.05) is 26.2 Å². The van der Waals surface area contributed by atoms with Crippen LogP contribution in [0.25, 0.3) is 16.6 Å². The molecule has 0 amide bonds. The molecule has 3 fully saturated rings. The molecule has 0 bridgehead atoms. The predicted octanol–water partition coefficient (Wildman–Crippen LogP) is 4.76. The second kappa shape index (κ2) is 10.3. The van der Waals surface area contributed by atoms with E-state index in [0.717, 1.165) is 80.1 Å². The molecule has 4 heterocycles. The third-order valence-corrected chi connectivity index (χ3v) is 8.38. The number of nitrogens with zero attached hydrogens (tertiary/aromatic N) is 5. The lowest BCUT2D eigenvalue weighted by Gasteiger charge is -2.33. The Hall–Kier alpha value is -2.45. The van der Waals surface area contributed by atoms with Crippen LogP contribution < -0.4 is 5.69 Å². The van der Waals surface area contributed by atoms with Gasteiger partial charge in [-0.3, -0.25) is 4.98 Å². The Balaban J connectivity index is 1.20. The van der Waals surface area contributed by atoms with Crippen LogP contribution in [0, 0.1) is 5.92 Å². The van der Waals surface area contributed by atoms with Crippen LogP contribution in [-0.4, -0.2) is 55.7 Å². The zero-order valence-electron chi connectivity index (χ0n) is 20.7. The van der Waals surface area contributed by atoms with Crippen molar-refractivity contribution >= 4 is 10.9 Å². The summed E-state index contributed by atoms with van der Waals surface area (Å²) in [6.45, 7) is 4.09. The zero-order chi connectivity index (χ0) is 23.6. The number of hydrogen-bond donors (Lipinski definition) is 1. The molecule has 188 valence electrons. The van der Waals surface area contributed by atoms with Gasteiger partial charge in [0.1, 0.15) is 5.82 Å². The number of aromatic amines is 1. The summed E-state index contributed by atoms with van der Waals surface area (Å²) < 4.78 is 9.45. The lowest BCUT2D eigenvalue weighted by Crippen LogP contribution is -2.36. The van der Waals surface area contributed by atoms with Gasteiger partial charge in [-0.25, -0.2) is 9.48 Å². The minimum absolute atomic E-state index is 0.0372. The molecular weight excluding hydrogens is 440 g/mol. The number of likely N-dealkylation sites (tertiary alicyclic amines) is 1. The van der Waals surface area contributed by atoms with Gasteiger partial charge in [-0.2, -0.15) is 9.78 Å². The van der Waals surface area contributed by atoms with Crippen LogP contribution >= 0.6 is 0 Å². The summed E-state index contributed by atoms with van der Waals surface area (Å²) in [6.07, 6.45) is 15.6. The molecule has 1 aromatic carbocycles. The number of rotatable bonds is 6. The van der Waals surface area contributed by atoms with Crippen molar-refractivity contribution in [2.45, 2.75) is 82.8 Å². The molecule has 2 aromatic heterocycles. The number of piperidine rings is 1. The minimum Gasteiger partial charge on any atom is -0.356 e. The molecule has 1 N–H and O–H groups in total. The van der Waals surface area contributed by atoms with Crippen molar-refractivity contribution < 1.29 is 4.74 Å². The van der Waals surface area contributed by atoms with Gasteiger partial charge in [0.15, 0.2) is 6.23 Å². The predicted molar refractivity (Wildman–Crippen MR) is 136 cm³/mol. The largest absolute Gasteiger partial charge is 0.356 e. The van der Waals surface area contributed by atoms with Crippen LogP contribution in [0.4, 0.5) is 0 Å².